The van der Waals surface area contributed by atoms with Crippen LogP contribution in [-0.2, 0) is 6.42 Å². The van der Waals surface area contributed by atoms with Gasteiger partial charge in [-0.1, -0.05) is 0 Å². The molecule has 3 heterocycles. The zero-order valence-corrected chi connectivity index (χ0v) is 11.5. The summed E-state index contributed by atoms with van der Waals surface area (Å²) >= 11 is 0. The van der Waals surface area contributed by atoms with Crippen LogP contribution >= 0.6 is 0 Å². The fraction of sp³-hybridized carbons (Fsp3) is 0.438. The first kappa shape index (κ1) is 12.0. The molecule has 0 amide bonds. The van der Waals surface area contributed by atoms with Crippen LogP contribution in [0.4, 0.5) is 0 Å². The normalized spacial score (nSPS) is 21.5. The van der Waals surface area contributed by atoms with E-state index in [9.17, 15) is 0 Å². The number of aromatic nitrogens is 2. The minimum Gasteiger partial charge on any atom is -0.493 e. The van der Waals surface area contributed by atoms with Crippen molar-refractivity contribution in [2.75, 3.05) is 19.7 Å². The second kappa shape index (κ2) is 4.94. The molecule has 20 heavy (non-hydrogen) atoms. The highest BCUT2D eigenvalue weighted by Crippen LogP contribution is 2.31. The molecule has 4 nitrogen and oxygen atoms in total. The van der Waals surface area contributed by atoms with Gasteiger partial charge in [0.05, 0.1) is 12.3 Å². The summed E-state index contributed by atoms with van der Waals surface area (Å²) in [6.45, 7) is 3.00. The summed E-state index contributed by atoms with van der Waals surface area (Å²) in [6, 6.07) is 8.58. The van der Waals surface area contributed by atoms with Crippen LogP contribution in [0.5, 0.6) is 5.75 Å². The molecule has 1 fully saturated rings. The fourth-order valence-electron chi connectivity index (χ4n) is 3.16. The van der Waals surface area contributed by atoms with Gasteiger partial charge in [0.25, 0.3) is 0 Å². The van der Waals surface area contributed by atoms with Crippen molar-refractivity contribution in [1.82, 2.24) is 15.5 Å². The molecule has 104 valence electrons. The summed E-state index contributed by atoms with van der Waals surface area (Å²) in [7, 11) is 0. The Morgan fingerprint density at radius 1 is 1.25 bits per heavy atom. The Morgan fingerprint density at radius 3 is 3.15 bits per heavy atom. The summed E-state index contributed by atoms with van der Waals surface area (Å²) in [5.74, 6) is 1.60. The minimum atomic E-state index is 0.572. The summed E-state index contributed by atoms with van der Waals surface area (Å²) in [4.78, 5) is 0. The third-order valence-electron chi connectivity index (χ3n) is 4.32. The van der Waals surface area contributed by atoms with Crippen LogP contribution in [0.25, 0.3) is 11.3 Å². The third kappa shape index (κ3) is 2.10. The van der Waals surface area contributed by atoms with E-state index >= 15 is 0 Å². The van der Waals surface area contributed by atoms with Crippen molar-refractivity contribution in [3.63, 3.8) is 0 Å². The van der Waals surface area contributed by atoms with Crippen LogP contribution in [0.1, 0.15) is 30.0 Å². The van der Waals surface area contributed by atoms with Crippen molar-refractivity contribution in [3.05, 3.63) is 35.5 Å². The predicted molar refractivity (Wildman–Crippen MR) is 78.1 cm³/mol. The molecule has 1 aromatic carbocycles. The van der Waals surface area contributed by atoms with Gasteiger partial charge < -0.3 is 10.1 Å². The number of fused-ring (bicyclic) bond motifs is 1. The van der Waals surface area contributed by atoms with Gasteiger partial charge in [0.2, 0.25) is 0 Å². The van der Waals surface area contributed by atoms with Crippen molar-refractivity contribution < 1.29 is 4.74 Å². The summed E-state index contributed by atoms with van der Waals surface area (Å²) < 4.78 is 5.55. The van der Waals surface area contributed by atoms with Crippen LogP contribution in [0.3, 0.4) is 0 Å². The largest absolute Gasteiger partial charge is 0.493 e. The highest BCUT2D eigenvalue weighted by Gasteiger charge is 2.18. The molecule has 0 bridgehead atoms. The van der Waals surface area contributed by atoms with Gasteiger partial charge in [0.15, 0.2) is 0 Å². The molecule has 0 aliphatic carbocycles. The lowest BCUT2D eigenvalue weighted by atomic mass is 9.95. The number of H-pyrrole nitrogens is 1. The lowest BCUT2D eigenvalue weighted by molar-refractivity contribution is 0.357. The predicted octanol–water partition coefficient (Wildman–Crippen LogP) is 2.48. The van der Waals surface area contributed by atoms with Gasteiger partial charge in [-0.05, 0) is 49.2 Å². The van der Waals surface area contributed by atoms with Crippen LogP contribution in [0.2, 0.25) is 0 Å². The first-order valence-corrected chi connectivity index (χ1v) is 7.42. The Kier molecular flexibility index (Phi) is 2.96. The lowest BCUT2D eigenvalue weighted by Crippen LogP contribution is -2.28. The van der Waals surface area contributed by atoms with Gasteiger partial charge in [-0.25, -0.2) is 0 Å². The Hall–Kier alpha value is -1.81. The molecule has 1 aromatic heterocycles. The van der Waals surface area contributed by atoms with Crippen molar-refractivity contribution in [2.24, 2.45) is 0 Å². The maximum atomic E-state index is 5.55. The van der Waals surface area contributed by atoms with Crippen LogP contribution < -0.4 is 10.1 Å². The second-order valence-corrected chi connectivity index (χ2v) is 5.67. The summed E-state index contributed by atoms with van der Waals surface area (Å²) in [6.07, 6.45) is 3.49. The van der Waals surface area contributed by atoms with E-state index in [1.165, 1.54) is 29.7 Å². The van der Waals surface area contributed by atoms with Gasteiger partial charge in [-0.3, -0.25) is 5.10 Å². The average Bonchev–Trinajstić information content (AvgIpc) is 3.16. The SMILES string of the molecule is c1cc2c(cc1-c1cc(C3CCCNC3)[nH]n1)CCO2. The van der Waals surface area contributed by atoms with Crippen LogP contribution in [0.15, 0.2) is 24.3 Å². The van der Waals surface area contributed by atoms with E-state index < -0.39 is 0 Å². The fourth-order valence-corrected chi connectivity index (χ4v) is 3.16. The highest BCUT2D eigenvalue weighted by atomic mass is 16.5. The molecular formula is C16H19N3O. The number of hydrogen-bond donors (Lipinski definition) is 2. The number of nitrogens with zero attached hydrogens (tertiary/aromatic N) is 1. The lowest BCUT2D eigenvalue weighted by Gasteiger charge is -2.21. The molecule has 2 aliphatic heterocycles. The number of ether oxygens (including phenoxy) is 1. The van der Waals surface area contributed by atoms with Gasteiger partial charge in [-0.15, -0.1) is 0 Å². The molecule has 1 saturated heterocycles. The smallest absolute Gasteiger partial charge is 0.122 e. The topological polar surface area (TPSA) is 49.9 Å². The zero-order chi connectivity index (χ0) is 13.4. The molecule has 2 aromatic rings. The molecule has 0 saturated carbocycles. The average molecular weight is 269 g/mol. The minimum absolute atomic E-state index is 0.572. The van der Waals surface area contributed by atoms with Crippen molar-refractivity contribution in [3.8, 4) is 17.0 Å². The molecule has 1 unspecified atom stereocenters. The molecule has 4 heteroatoms. The Balaban J connectivity index is 1.61. The highest BCUT2D eigenvalue weighted by molar-refractivity contribution is 5.63. The maximum Gasteiger partial charge on any atom is 0.122 e. The first-order valence-electron chi connectivity index (χ1n) is 7.42. The van der Waals surface area contributed by atoms with Crippen molar-refractivity contribution in [1.29, 1.82) is 0 Å². The summed E-state index contributed by atoms with van der Waals surface area (Å²) in [5.41, 5.74) is 4.77. The van der Waals surface area contributed by atoms with E-state index in [1.807, 2.05) is 0 Å². The number of benzene rings is 1. The van der Waals surface area contributed by atoms with Gasteiger partial charge in [0, 0.05) is 30.1 Å². The van der Waals surface area contributed by atoms with Crippen molar-refractivity contribution in [2.45, 2.75) is 25.2 Å². The van der Waals surface area contributed by atoms with Gasteiger partial charge in [0.1, 0.15) is 5.75 Å². The van der Waals surface area contributed by atoms with Crippen molar-refractivity contribution >= 4 is 0 Å². The van der Waals surface area contributed by atoms with Crippen LogP contribution in [0, 0.1) is 0 Å². The Bertz CT molecular complexity index is 614. The number of hydrogen-bond acceptors (Lipinski definition) is 3. The monoisotopic (exact) mass is 269 g/mol. The Morgan fingerprint density at radius 2 is 2.25 bits per heavy atom. The third-order valence-corrected chi connectivity index (χ3v) is 4.32. The standard InChI is InChI=1S/C16H19N3O/c1-2-13(10-17-6-1)15-9-14(18-19-15)11-3-4-16-12(8-11)5-7-20-16/h3-4,8-9,13,17H,1-2,5-7,10H2,(H,18,19). The molecule has 0 spiro atoms. The molecule has 2 aliphatic rings. The number of nitrogens with one attached hydrogen (secondary N) is 2. The van der Waals surface area contributed by atoms with Gasteiger partial charge >= 0.3 is 0 Å². The van der Waals surface area contributed by atoms with Crippen LogP contribution in [-0.4, -0.2) is 29.9 Å². The van der Waals surface area contributed by atoms with E-state index in [0.717, 1.165) is 37.6 Å². The molecule has 4 rings (SSSR count). The molecule has 0 radical (unpaired) electrons. The van der Waals surface area contributed by atoms with E-state index in [1.54, 1.807) is 0 Å². The maximum absolute atomic E-state index is 5.55. The first-order chi connectivity index (χ1) is 9.90. The van der Waals surface area contributed by atoms with E-state index in [-0.39, 0.29) is 0 Å². The molecule has 2 N–H and O–H groups in total. The van der Waals surface area contributed by atoms with Gasteiger partial charge in [-0.2, -0.15) is 5.10 Å². The number of piperidine rings is 1. The van der Waals surface area contributed by atoms with E-state index in [0.29, 0.717) is 5.92 Å². The second-order valence-electron chi connectivity index (χ2n) is 5.67. The van der Waals surface area contributed by atoms with E-state index in [4.69, 9.17) is 4.74 Å². The Labute approximate surface area is 118 Å². The quantitative estimate of drug-likeness (QED) is 0.880. The number of rotatable bonds is 2. The van der Waals surface area contributed by atoms with E-state index in [2.05, 4.69) is 39.8 Å². The molecule has 1 atom stereocenters. The zero-order valence-electron chi connectivity index (χ0n) is 11.5. The molecular weight excluding hydrogens is 250 g/mol. The summed E-state index contributed by atoms with van der Waals surface area (Å²) in [5, 5.41) is 11.2. The number of aromatic amines is 1.